The van der Waals surface area contributed by atoms with Gasteiger partial charge in [-0.25, -0.2) is 4.98 Å². The van der Waals surface area contributed by atoms with Gasteiger partial charge >= 0.3 is 0 Å². The first kappa shape index (κ1) is 15.9. The second-order valence-corrected chi connectivity index (χ2v) is 7.06. The Kier molecular flexibility index (Phi) is 4.85. The second kappa shape index (κ2) is 7.03. The maximum Gasteiger partial charge on any atom is 0.103 e. The molecule has 0 radical (unpaired) electrons. The maximum absolute atomic E-state index is 9.64. The van der Waals surface area contributed by atoms with Crippen molar-refractivity contribution in [3.8, 4) is 6.07 Å². The van der Waals surface area contributed by atoms with Gasteiger partial charge in [-0.05, 0) is 36.1 Å². The molecule has 0 saturated heterocycles. The Bertz CT molecular complexity index is 921. The van der Waals surface area contributed by atoms with Gasteiger partial charge in [0.1, 0.15) is 5.03 Å². The van der Waals surface area contributed by atoms with Gasteiger partial charge < -0.3 is 4.98 Å². The van der Waals surface area contributed by atoms with E-state index in [0.29, 0.717) is 5.57 Å². The summed E-state index contributed by atoms with van der Waals surface area (Å²) in [5.41, 5.74) is 3.51. The van der Waals surface area contributed by atoms with Crippen molar-refractivity contribution in [2.24, 2.45) is 0 Å². The zero-order chi connectivity index (χ0) is 16.2. The summed E-state index contributed by atoms with van der Waals surface area (Å²) in [6.45, 7) is 2.09. The van der Waals surface area contributed by atoms with E-state index < -0.39 is 0 Å². The summed E-state index contributed by atoms with van der Waals surface area (Å²) in [6, 6.07) is 12.2. The second-order valence-electron chi connectivity index (χ2n) is 4.89. The molecule has 0 aliphatic rings. The number of rotatable bonds is 4. The Hall–Kier alpha value is -2.03. The van der Waals surface area contributed by atoms with Gasteiger partial charge in [0.15, 0.2) is 0 Å². The van der Waals surface area contributed by atoms with Gasteiger partial charge in [0.05, 0.1) is 11.6 Å². The van der Waals surface area contributed by atoms with Crippen LogP contribution in [0.5, 0.6) is 0 Å². The van der Waals surface area contributed by atoms with Crippen LogP contribution in [0.1, 0.15) is 18.1 Å². The van der Waals surface area contributed by atoms with Crippen molar-refractivity contribution in [3.05, 3.63) is 58.3 Å². The molecule has 2 aromatic heterocycles. The summed E-state index contributed by atoms with van der Waals surface area (Å²) in [4.78, 5) is 7.63. The van der Waals surface area contributed by atoms with E-state index in [4.69, 9.17) is 0 Å². The van der Waals surface area contributed by atoms with Crippen LogP contribution in [0.2, 0.25) is 0 Å². The van der Waals surface area contributed by atoms with E-state index in [9.17, 15) is 5.26 Å². The highest BCUT2D eigenvalue weighted by Crippen LogP contribution is 2.30. The van der Waals surface area contributed by atoms with Gasteiger partial charge in [0.2, 0.25) is 0 Å². The van der Waals surface area contributed by atoms with Gasteiger partial charge in [-0.3, -0.25) is 0 Å². The quantitative estimate of drug-likeness (QED) is 0.477. The van der Waals surface area contributed by atoms with E-state index in [1.165, 1.54) is 0 Å². The van der Waals surface area contributed by atoms with Crippen LogP contribution in [-0.4, -0.2) is 15.7 Å². The lowest BCUT2D eigenvalue weighted by Gasteiger charge is -2.04. The molecule has 0 fully saturated rings. The zero-order valence-electron chi connectivity index (χ0n) is 12.5. The van der Waals surface area contributed by atoms with E-state index in [0.717, 1.165) is 37.3 Å². The molecular weight excluding hydrogens is 370 g/mol. The number of nitrogens with zero attached hydrogens (tertiary/aromatic N) is 2. The molecule has 3 aromatic rings. The minimum absolute atomic E-state index is 0.625. The number of hydrogen-bond acceptors (Lipinski definition) is 3. The van der Waals surface area contributed by atoms with Crippen LogP contribution in [0.4, 0.5) is 0 Å². The number of benzene rings is 1. The lowest BCUT2D eigenvalue weighted by molar-refractivity contribution is 1.12. The van der Waals surface area contributed by atoms with Crippen LogP contribution >= 0.6 is 27.7 Å². The predicted octanol–water partition coefficient (Wildman–Crippen LogP) is 5.50. The maximum atomic E-state index is 9.64. The van der Waals surface area contributed by atoms with Gasteiger partial charge in [-0.1, -0.05) is 28.9 Å². The van der Waals surface area contributed by atoms with Gasteiger partial charge in [-0.15, -0.1) is 11.8 Å². The van der Waals surface area contributed by atoms with E-state index in [-0.39, 0.29) is 0 Å². The predicted molar refractivity (Wildman–Crippen MR) is 100 cm³/mol. The molecule has 0 aliphatic carbocycles. The highest BCUT2D eigenvalue weighted by molar-refractivity contribution is 9.10. The number of H-pyrrole nitrogens is 1. The molecule has 0 spiro atoms. The topological polar surface area (TPSA) is 52.5 Å². The molecule has 0 bridgehead atoms. The third-order valence-corrected chi connectivity index (χ3v) is 4.83. The van der Waals surface area contributed by atoms with Gasteiger partial charge in [0.25, 0.3) is 0 Å². The standard InChI is InChI=1S/C18H14BrN3S/c1-2-23-18-12(4-3-7-21-18)8-13(10-20)16-11-22-17-6-5-14(19)9-15(16)17/h3-9,11,22H,2H2,1H3/b13-8+. The monoisotopic (exact) mass is 383 g/mol. The number of thioether (sulfide) groups is 1. The van der Waals surface area contributed by atoms with Crippen molar-refractivity contribution < 1.29 is 0 Å². The molecule has 3 rings (SSSR count). The normalized spacial score (nSPS) is 11.6. The minimum Gasteiger partial charge on any atom is -0.361 e. The third-order valence-electron chi connectivity index (χ3n) is 3.44. The Morgan fingerprint density at radius 2 is 2.30 bits per heavy atom. The molecular formula is C18H14BrN3S. The number of pyridine rings is 1. The molecule has 0 amide bonds. The fourth-order valence-electron chi connectivity index (χ4n) is 2.41. The van der Waals surface area contributed by atoms with Crippen LogP contribution in [0, 0.1) is 11.3 Å². The molecule has 0 aliphatic heterocycles. The molecule has 0 saturated carbocycles. The van der Waals surface area contributed by atoms with Crippen molar-refractivity contribution in [3.63, 3.8) is 0 Å². The molecule has 114 valence electrons. The molecule has 0 unspecified atom stereocenters. The first-order valence-electron chi connectivity index (χ1n) is 7.19. The van der Waals surface area contributed by atoms with E-state index >= 15 is 0 Å². The van der Waals surface area contributed by atoms with Crippen LogP contribution in [0.15, 0.2) is 52.2 Å². The Morgan fingerprint density at radius 3 is 3.09 bits per heavy atom. The molecule has 3 nitrogen and oxygen atoms in total. The van der Waals surface area contributed by atoms with Crippen LogP contribution in [0.3, 0.4) is 0 Å². The van der Waals surface area contributed by atoms with Crippen LogP contribution in [-0.2, 0) is 0 Å². The van der Waals surface area contributed by atoms with Crippen molar-refractivity contribution in [1.29, 1.82) is 5.26 Å². The SMILES string of the molecule is CCSc1ncccc1/C=C(\C#N)c1c[nH]c2ccc(Br)cc12. The fourth-order valence-corrected chi connectivity index (χ4v) is 3.48. The summed E-state index contributed by atoms with van der Waals surface area (Å²) < 4.78 is 0.992. The third kappa shape index (κ3) is 3.34. The van der Waals surface area contributed by atoms with Crippen molar-refractivity contribution in [2.75, 3.05) is 5.75 Å². The summed E-state index contributed by atoms with van der Waals surface area (Å²) in [5, 5.41) is 11.6. The lowest BCUT2D eigenvalue weighted by Crippen LogP contribution is -1.87. The fraction of sp³-hybridized carbons (Fsp3) is 0.111. The molecule has 2 heterocycles. The van der Waals surface area contributed by atoms with Crippen LogP contribution < -0.4 is 0 Å². The number of aromatic amines is 1. The molecule has 1 aromatic carbocycles. The Balaban J connectivity index is 2.12. The number of halogens is 1. The van der Waals surface area contributed by atoms with Gasteiger partial charge in [0, 0.05) is 38.9 Å². The molecule has 0 atom stereocenters. The highest BCUT2D eigenvalue weighted by atomic mass is 79.9. The number of hydrogen-bond donors (Lipinski definition) is 1. The minimum atomic E-state index is 0.625. The average Bonchev–Trinajstić information content (AvgIpc) is 2.97. The number of nitriles is 1. The summed E-state index contributed by atoms with van der Waals surface area (Å²) in [7, 11) is 0. The van der Waals surface area contributed by atoms with Gasteiger partial charge in [-0.2, -0.15) is 5.26 Å². The Labute approximate surface area is 147 Å². The van der Waals surface area contributed by atoms with E-state index in [1.807, 2.05) is 42.6 Å². The first-order valence-corrected chi connectivity index (χ1v) is 8.97. The number of nitrogens with one attached hydrogen (secondary N) is 1. The van der Waals surface area contributed by atoms with Crippen LogP contribution in [0.25, 0.3) is 22.6 Å². The van der Waals surface area contributed by atoms with Crippen molar-refractivity contribution in [1.82, 2.24) is 9.97 Å². The molecule has 1 N–H and O–H groups in total. The number of aromatic nitrogens is 2. The average molecular weight is 384 g/mol. The number of allylic oxidation sites excluding steroid dienone is 1. The molecule has 23 heavy (non-hydrogen) atoms. The zero-order valence-corrected chi connectivity index (χ0v) is 14.9. The van der Waals surface area contributed by atoms with E-state index in [2.05, 4.69) is 38.9 Å². The smallest absolute Gasteiger partial charge is 0.103 e. The molecule has 5 heteroatoms. The van der Waals surface area contributed by atoms with Crippen molar-refractivity contribution >= 4 is 50.2 Å². The first-order chi connectivity index (χ1) is 11.2. The number of fused-ring (bicyclic) bond motifs is 1. The summed E-state index contributed by atoms with van der Waals surface area (Å²) in [6.07, 6.45) is 5.58. The van der Waals surface area contributed by atoms with Crippen molar-refractivity contribution in [2.45, 2.75) is 11.9 Å². The summed E-state index contributed by atoms with van der Waals surface area (Å²) in [5.74, 6) is 0.944. The lowest BCUT2D eigenvalue weighted by atomic mass is 10.0. The largest absolute Gasteiger partial charge is 0.361 e. The highest BCUT2D eigenvalue weighted by Gasteiger charge is 2.10. The summed E-state index contributed by atoms with van der Waals surface area (Å²) >= 11 is 5.17. The Morgan fingerprint density at radius 1 is 1.43 bits per heavy atom. The van der Waals surface area contributed by atoms with E-state index in [1.54, 1.807) is 18.0 Å².